The van der Waals surface area contributed by atoms with Crippen LogP contribution in [-0.2, 0) is 18.4 Å². The maximum Gasteiger partial charge on any atom is 0.251 e. The molecule has 166 valence electrons. The third-order valence-electron chi connectivity index (χ3n) is 4.76. The van der Waals surface area contributed by atoms with Crippen LogP contribution < -0.4 is 20.1 Å². The van der Waals surface area contributed by atoms with Crippen LogP contribution in [0.4, 0.5) is 5.69 Å². The number of benzene rings is 2. The lowest BCUT2D eigenvalue weighted by Crippen LogP contribution is -2.24. The van der Waals surface area contributed by atoms with Crippen molar-refractivity contribution in [2.75, 3.05) is 17.9 Å². The van der Waals surface area contributed by atoms with E-state index in [-0.39, 0.29) is 30.9 Å². The Morgan fingerprint density at radius 1 is 1.16 bits per heavy atom. The van der Waals surface area contributed by atoms with Gasteiger partial charge in [-0.15, -0.1) is 10.2 Å². The topological polar surface area (TPSA) is 107 Å². The molecular formula is C21H20ClN5O4S. The minimum Gasteiger partial charge on any atom is -0.454 e. The van der Waals surface area contributed by atoms with Gasteiger partial charge in [0.2, 0.25) is 12.7 Å². The summed E-state index contributed by atoms with van der Waals surface area (Å²) in [4.78, 5) is 24.7. The van der Waals surface area contributed by atoms with E-state index in [4.69, 9.17) is 21.1 Å². The number of aryl methyl sites for hydroxylation is 1. The summed E-state index contributed by atoms with van der Waals surface area (Å²) in [5, 5.41) is 15.1. The van der Waals surface area contributed by atoms with Crippen molar-refractivity contribution in [3.63, 3.8) is 0 Å². The summed E-state index contributed by atoms with van der Waals surface area (Å²) in [6.45, 7) is 2.21. The number of anilines is 1. The van der Waals surface area contributed by atoms with Crippen molar-refractivity contribution < 1.29 is 19.1 Å². The number of fused-ring (bicyclic) bond motifs is 1. The largest absolute Gasteiger partial charge is 0.454 e. The number of nitrogens with zero attached hydrogens (tertiary/aromatic N) is 3. The minimum absolute atomic E-state index is 0.150. The van der Waals surface area contributed by atoms with Crippen molar-refractivity contribution in [1.82, 2.24) is 20.1 Å². The number of halogens is 1. The molecule has 1 aromatic heterocycles. The summed E-state index contributed by atoms with van der Waals surface area (Å²) in [6.07, 6.45) is 0. The second-order valence-corrected chi connectivity index (χ2v) is 8.38. The predicted octanol–water partition coefficient (Wildman–Crippen LogP) is 3.17. The van der Waals surface area contributed by atoms with Crippen LogP contribution in [0, 0.1) is 6.92 Å². The zero-order valence-corrected chi connectivity index (χ0v) is 18.9. The molecule has 0 spiro atoms. The highest BCUT2D eigenvalue weighted by Crippen LogP contribution is 2.32. The lowest BCUT2D eigenvalue weighted by molar-refractivity contribution is -0.113. The predicted molar refractivity (Wildman–Crippen MR) is 120 cm³/mol. The molecule has 2 amide bonds. The highest BCUT2D eigenvalue weighted by molar-refractivity contribution is 7.99. The van der Waals surface area contributed by atoms with Crippen molar-refractivity contribution in [2.45, 2.75) is 18.6 Å². The Kier molecular flexibility index (Phi) is 6.52. The van der Waals surface area contributed by atoms with Gasteiger partial charge >= 0.3 is 0 Å². The van der Waals surface area contributed by atoms with Crippen LogP contribution in [0.1, 0.15) is 21.7 Å². The van der Waals surface area contributed by atoms with Crippen LogP contribution in [0.5, 0.6) is 11.5 Å². The molecule has 0 saturated heterocycles. The third kappa shape index (κ3) is 4.97. The fourth-order valence-electron chi connectivity index (χ4n) is 3.01. The summed E-state index contributed by atoms with van der Waals surface area (Å²) >= 11 is 7.20. The summed E-state index contributed by atoms with van der Waals surface area (Å²) in [6, 6.07) is 10.3. The standard InChI is InChI=1S/C21H20ClN5O4S/c1-12-7-14(22)4-5-15(12)24-19(28)10-32-21-26-25-18(27(21)2)9-23-20(29)13-3-6-16-17(8-13)31-11-30-16/h3-8H,9-11H2,1-2H3,(H,23,29)(H,24,28). The van der Waals surface area contributed by atoms with E-state index in [9.17, 15) is 9.59 Å². The van der Waals surface area contributed by atoms with Gasteiger partial charge in [-0.2, -0.15) is 0 Å². The van der Waals surface area contributed by atoms with Gasteiger partial charge in [0.1, 0.15) is 0 Å². The van der Waals surface area contributed by atoms with Crippen LogP contribution in [0.15, 0.2) is 41.6 Å². The van der Waals surface area contributed by atoms with E-state index in [1.807, 2.05) is 6.92 Å². The normalized spacial score (nSPS) is 12.0. The maximum absolute atomic E-state index is 12.4. The first-order valence-corrected chi connectivity index (χ1v) is 11.0. The molecule has 0 aliphatic carbocycles. The van der Waals surface area contributed by atoms with Crippen molar-refractivity contribution in [3.8, 4) is 11.5 Å². The molecule has 0 radical (unpaired) electrons. The summed E-state index contributed by atoms with van der Waals surface area (Å²) in [7, 11) is 1.78. The molecule has 4 rings (SSSR count). The van der Waals surface area contributed by atoms with E-state index in [0.717, 1.165) is 5.56 Å². The number of nitrogens with one attached hydrogen (secondary N) is 2. The molecule has 1 aliphatic heterocycles. The molecule has 11 heteroatoms. The number of rotatable bonds is 7. The molecule has 2 heterocycles. The number of aromatic nitrogens is 3. The number of carbonyl (C=O) groups excluding carboxylic acids is 2. The molecule has 3 aromatic rings. The van der Waals surface area contributed by atoms with Gasteiger partial charge < -0.3 is 24.7 Å². The van der Waals surface area contributed by atoms with E-state index in [1.165, 1.54) is 11.8 Å². The van der Waals surface area contributed by atoms with Crippen LogP contribution in [0.3, 0.4) is 0 Å². The number of carbonyl (C=O) groups is 2. The molecule has 0 saturated carbocycles. The van der Waals surface area contributed by atoms with Crippen LogP contribution in [-0.4, -0.2) is 39.1 Å². The van der Waals surface area contributed by atoms with Crippen molar-refractivity contribution >= 4 is 40.9 Å². The summed E-state index contributed by atoms with van der Waals surface area (Å²) in [5.74, 6) is 1.46. The Labute approximate surface area is 193 Å². The van der Waals surface area contributed by atoms with Gasteiger partial charge in [0.15, 0.2) is 22.5 Å². The minimum atomic E-state index is -0.266. The molecule has 9 nitrogen and oxygen atoms in total. The zero-order valence-electron chi connectivity index (χ0n) is 17.3. The quantitative estimate of drug-likeness (QED) is 0.507. The lowest BCUT2D eigenvalue weighted by Gasteiger charge is -2.09. The maximum atomic E-state index is 12.4. The average Bonchev–Trinajstić information content (AvgIpc) is 3.38. The molecule has 2 N–H and O–H groups in total. The van der Waals surface area contributed by atoms with Crippen LogP contribution in [0.25, 0.3) is 0 Å². The van der Waals surface area contributed by atoms with Gasteiger partial charge in [-0.25, -0.2) is 0 Å². The SMILES string of the molecule is Cc1cc(Cl)ccc1NC(=O)CSc1nnc(CNC(=O)c2ccc3c(c2)OCO3)n1C. The van der Waals surface area contributed by atoms with Crippen molar-refractivity contribution in [1.29, 1.82) is 0 Å². The van der Waals surface area contributed by atoms with Crippen LogP contribution >= 0.6 is 23.4 Å². The summed E-state index contributed by atoms with van der Waals surface area (Å²) in [5.41, 5.74) is 2.06. The van der Waals surface area contributed by atoms with Crippen molar-refractivity contribution in [2.24, 2.45) is 7.05 Å². The van der Waals surface area contributed by atoms with Gasteiger partial charge in [0, 0.05) is 23.3 Å². The second-order valence-electron chi connectivity index (χ2n) is 7.00. The van der Waals surface area contributed by atoms with E-state index in [1.54, 1.807) is 48.0 Å². The Balaban J connectivity index is 1.30. The molecule has 0 atom stereocenters. The highest BCUT2D eigenvalue weighted by Gasteiger charge is 2.17. The molecule has 0 unspecified atom stereocenters. The molecule has 0 bridgehead atoms. The van der Waals surface area contributed by atoms with Gasteiger partial charge in [-0.1, -0.05) is 23.4 Å². The number of thioether (sulfide) groups is 1. The Hall–Kier alpha value is -3.24. The monoisotopic (exact) mass is 473 g/mol. The molecular weight excluding hydrogens is 454 g/mol. The molecule has 32 heavy (non-hydrogen) atoms. The number of hydrogen-bond acceptors (Lipinski definition) is 7. The second kappa shape index (κ2) is 9.49. The van der Waals surface area contributed by atoms with Gasteiger partial charge in [0.25, 0.3) is 5.91 Å². The van der Waals surface area contributed by atoms with Crippen LogP contribution in [0.2, 0.25) is 5.02 Å². The van der Waals surface area contributed by atoms with Gasteiger partial charge in [0.05, 0.1) is 12.3 Å². The molecule has 0 fully saturated rings. The number of hydrogen-bond donors (Lipinski definition) is 2. The summed E-state index contributed by atoms with van der Waals surface area (Å²) < 4.78 is 12.3. The van der Waals surface area contributed by atoms with Gasteiger partial charge in [-0.3, -0.25) is 9.59 Å². The Morgan fingerprint density at radius 3 is 2.78 bits per heavy atom. The van der Waals surface area contributed by atoms with Crippen molar-refractivity contribution in [3.05, 3.63) is 58.4 Å². The average molecular weight is 474 g/mol. The Bertz CT molecular complexity index is 1180. The van der Waals surface area contributed by atoms with E-state index in [0.29, 0.717) is 38.8 Å². The van der Waals surface area contributed by atoms with E-state index >= 15 is 0 Å². The Morgan fingerprint density at radius 2 is 1.97 bits per heavy atom. The highest BCUT2D eigenvalue weighted by atomic mass is 35.5. The fraction of sp³-hybridized carbons (Fsp3) is 0.238. The fourth-order valence-corrected chi connectivity index (χ4v) is 3.96. The lowest BCUT2D eigenvalue weighted by atomic mass is 10.2. The molecule has 2 aromatic carbocycles. The van der Waals surface area contributed by atoms with Gasteiger partial charge in [-0.05, 0) is 48.9 Å². The van der Waals surface area contributed by atoms with E-state index in [2.05, 4.69) is 20.8 Å². The molecule has 1 aliphatic rings. The first kappa shape index (κ1) is 22.0. The first-order chi connectivity index (χ1) is 15.4. The van der Waals surface area contributed by atoms with E-state index < -0.39 is 0 Å². The smallest absolute Gasteiger partial charge is 0.251 e. The number of amides is 2. The number of ether oxygens (including phenoxy) is 2. The zero-order chi connectivity index (χ0) is 22.7. The third-order valence-corrected chi connectivity index (χ3v) is 6.02. The first-order valence-electron chi connectivity index (χ1n) is 9.65.